The summed E-state index contributed by atoms with van der Waals surface area (Å²) in [6.45, 7) is 2.37. The maximum Gasteiger partial charge on any atom is -1.00 e. The van der Waals surface area contributed by atoms with Crippen molar-refractivity contribution in [3.63, 3.8) is 0 Å². The molecule has 0 aromatic heterocycles. The minimum Gasteiger partial charge on any atom is -1.00 e. The molecule has 0 fully saturated rings. The second-order valence-corrected chi connectivity index (χ2v) is 15.7. The third-order valence-corrected chi connectivity index (χ3v) is 13.9. The van der Waals surface area contributed by atoms with Crippen molar-refractivity contribution < 1.29 is 49.5 Å². The molecule has 6 aromatic carbocycles. The number of halogens is 2. The first-order valence-electron chi connectivity index (χ1n) is 14.5. The molecule has 8 rings (SSSR count). The predicted molar refractivity (Wildman–Crippen MR) is 172 cm³/mol. The second kappa shape index (κ2) is 12.2. The van der Waals surface area contributed by atoms with Gasteiger partial charge in [0.2, 0.25) is 0 Å². The summed E-state index contributed by atoms with van der Waals surface area (Å²) in [4.78, 5) is 0. The molecule has 0 saturated carbocycles. The smallest absolute Gasteiger partial charge is 1.00 e. The van der Waals surface area contributed by atoms with Gasteiger partial charge in [0, 0.05) is 0 Å². The Balaban J connectivity index is 0.00000165. The van der Waals surface area contributed by atoms with Gasteiger partial charge in [0.05, 0.1) is 0 Å². The number of hydrogen-bond donors (Lipinski definition) is 0. The Morgan fingerprint density at radius 2 is 1.19 bits per heavy atom. The molecule has 2 aliphatic rings. The molecule has 0 aliphatic heterocycles. The third-order valence-electron chi connectivity index (χ3n) is 9.18. The third kappa shape index (κ3) is 4.84. The molecule has 0 nitrogen and oxygen atoms in total. The maximum atomic E-state index is 2.52. The van der Waals surface area contributed by atoms with E-state index in [-0.39, 0.29) is 30.7 Å². The average molecular weight is 688 g/mol. The van der Waals surface area contributed by atoms with Crippen LogP contribution in [0.15, 0.2) is 139 Å². The molecule has 0 radical (unpaired) electrons. The number of hydrogen-bond acceptors (Lipinski definition) is 0. The molecule has 2 aliphatic carbocycles. The van der Waals surface area contributed by atoms with Crippen LogP contribution in [-0.2, 0) is 24.7 Å². The molecule has 207 valence electrons. The van der Waals surface area contributed by atoms with Crippen molar-refractivity contribution in [3.05, 3.63) is 167 Å². The molecule has 0 amide bonds. The Morgan fingerprint density at radius 3 is 1.91 bits per heavy atom. The monoisotopic (exact) mass is 685 g/mol. The summed E-state index contributed by atoms with van der Waals surface area (Å²) < 4.78 is 0.446. The molecule has 2 atom stereocenters. The van der Waals surface area contributed by atoms with Crippen molar-refractivity contribution >= 4 is 41.2 Å². The molecule has 0 N–H and O–H groups in total. The van der Waals surface area contributed by atoms with Gasteiger partial charge in [0.1, 0.15) is 0 Å². The number of rotatable bonds is 4. The van der Waals surface area contributed by atoms with E-state index < -0.39 is 8.80 Å². The zero-order valence-electron chi connectivity index (χ0n) is 23.8. The van der Waals surface area contributed by atoms with Gasteiger partial charge in [-0.25, -0.2) is 0 Å². The zero-order chi connectivity index (χ0) is 27.5. The van der Waals surface area contributed by atoms with E-state index in [1.54, 1.807) is 41.0 Å². The summed E-state index contributed by atoms with van der Waals surface area (Å²) in [7, 11) is -1.77. The topological polar surface area (TPSA) is 0 Å². The Bertz CT molecular complexity index is 1950. The summed E-state index contributed by atoms with van der Waals surface area (Å²) in [5, 5.41) is 7.22. The molecule has 6 aromatic rings. The van der Waals surface area contributed by atoms with Crippen LogP contribution in [0.1, 0.15) is 44.3 Å². The maximum absolute atomic E-state index is 2.52. The SMILES string of the molecule is CC1=Cc2c(ccc3ccccc23)C1c1c([SiH](c2ccccc2)c2ccccc2)ccc2c1[CH]([Zr+2])c1ccccc1-2.[Cl-].[Cl-]. The number of allylic oxidation sites excluding steroid dienone is 1. The van der Waals surface area contributed by atoms with E-state index >= 15 is 0 Å². The first-order chi connectivity index (χ1) is 20.2. The van der Waals surface area contributed by atoms with E-state index in [9.17, 15) is 0 Å². The van der Waals surface area contributed by atoms with E-state index in [0.717, 1.165) is 0 Å². The van der Waals surface area contributed by atoms with Gasteiger partial charge in [-0.1, -0.05) is 0 Å². The molecule has 43 heavy (non-hydrogen) atoms. The van der Waals surface area contributed by atoms with Gasteiger partial charge in [-0.15, -0.1) is 0 Å². The van der Waals surface area contributed by atoms with Gasteiger partial charge < -0.3 is 24.8 Å². The average Bonchev–Trinajstić information content (AvgIpc) is 3.52. The van der Waals surface area contributed by atoms with Crippen LogP contribution < -0.4 is 40.4 Å². The van der Waals surface area contributed by atoms with Crippen LogP contribution in [0.4, 0.5) is 0 Å². The van der Waals surface area contributed by atoms with Gasteiger partial charge >= 0.3 is 260 Å². The molecule has 0 heterocycles. The first kappa shape index (κ1) is 30.0. The fourth-order valence-electron chi connectivity index (χ4n) is 7.43. The van der Waals surface area contributed by atoms with Gasteiger partial charge in [-0.2, -0.15) is 0 Å². The molecule has 4 heteroatoms. The first-order valence-corrected chi connectivity index (χ1v) is 17.6. The van der Waals surface area contributed by atoms with Crippen LogP contribution in [0.2, 0.25) is 0 Å². The van der Waals surface area contributed by atoms with Crippen LogP contribution in [0.25, 0.3) is 28.0 Å². The zero-order valence-corrected chi connectivity index (χ0v) is 28.9. The Labute approximate surface area is 283 Å². The fourth-order valence-corrected chi connectivity index (χ4v) is 12.1. The molecular formula is C39H29Cl2SiZr. The number of fused-ring (bicyclic) bond motifs is 6. The van der Waals surface area contributed by atoms with Crippen molar-refractivity contribution in [2.45, 2.75) is 16.5 Å². The van der Waals surface area contributed by atoms with Crippen molar-refractivity contribution in [3.8, 4) is 11.1 Å². The van der Waals surface area contributed by atoms with Crippen molar-refractivity contribution in [1.82, 2.24) is 0 Å². The van der Waals surface area contributed by atoms with Gasteiger partial charge in [0.25, 0.3) is 0 Å². The minimum atomic E-state index is -1.77. The molecular weight excluding hydrogens is 659 g/mol. The van der Waals surface area contributed by atoms with Crippen LogP contribution in [0.3, 0.4) is 0 Å². The second-order valence-electron chi connectivity index (χ2n) is 11.4. The fraction of sp³-hybridized carbons (Fsp3) is 0.0769. The molecule has 2 unspecified atom stereocenters. The van der Waals surface area contributed by atoms with E-state index in [4.69, 9.17) is 0 Å². The van der Waals surface area contributed by atoms with E-state index in [1.165, 1.54) is 54.5 Å². The Morgan fingerprint density at radius 1 is 0.558 bits per heavy atom. The summed E-state index contributed by atoms with van der Waals surface area (Å²) in [5.41, 5.74) is 11.8. The predicted octanol–water partition coefficient (Wildman–Crippen LogP) is 1.26. The standard InChI is InChI=1S/C39H29Si.2ClH.Zr/c1-26-24-35-31-18-10-8-12-27(31)20-21-34(35)38(26)39-36-25-28-13-9-11-19-32(28)33(36)22-23-37(39)40(29-14-4-2-5-15-29)30-16-6-3-7-17-30;;;/h2-25,38,40H,1H3;2*1H;/q;;;+2/p-2. The summed E-state index contributed by atoms with van der Waals surface area (Å²) in [6, 6.07) is 50.4. The van der Waals surface area contributed by atoms with Gasteiger partial charge in [-0.3, -0.25) is 0 Å². The summed E-state index contributed by atoms with van der Waals surface area (Å²) >= 11 is 1.56. The summed E-state index contributed by atoms with van der Waals surface area (Å²) in [5.74, 6) is 0.263. The van der Waals surface area contributed by atoms with Crippen molar-refractivity contribution in [1.29, 1.82) is 0 Å². The van der Waals surface area contributed by atoms with Crippen LogP contribution in [0.5, 0.6) is 0 Å². The van der Waals surface area contributed by atoms with Crippen LogP contribution in [0, 0.1) is 0 Å². The van der Waals surface area contributed by atoms with E-state index in [1.807, 2.05) is 0 Å². The van der Waals surface area contributed by atoms with E-state index in [2.05, 4.69) is 146 Å². The molecule has 0 bridgehead atoms. The normalized spacial score (nSPS) is 16.1. The van der Waals surface area contributed by atoms with Gasteiger partial charge in [-0.05, 0) is 0 Å². The largest absolute Gasteiger partial charge is 1.00 e. The Hall–Kier alpha value is -3.00. The number of benzene rings is 6. The van der Waals surface area contributed by atoms with Crippen molar-refractivity contribution in [2.75, 3.05) is 0 Å². The van der Waals surface area contributed by atoms with Crippen LogP contribution >= 0.6 is 0 Å². The Kier molecular flexibility index (Phi) is 8.51. The minimum absolute atomic E-state index is 0. The molecule has 0 spiro atoms. The van der Waals surface area contributed by atoms with Gasteiger partial charge in [0.15, 0.2) is 0 Å². The van der Waals surface area contributed by atoms with Crippen molar-refractivity contribution in [2.24, 2.45) is 0 Å². The van der Waals surface area contributed by atoms with E-state index in [0.29, 0.717) is 3.63 Å². The summed E-state index contributed by atoms with van der Waals surface area (Å²) in [6.07, 6.45) is 2.48. The molecule has 0 saturated heterocycles. The quantitative estimate of drug-likeness (QED) is 0.194. The van der Waals surface area contributed by atoms with Crippen LogP contribution in [-0.4, -0.2) is 8.80 Å².